The molecular formula is C16H31N. The average molecular weight is 237 g/mol. The van der Waals surface area contributed by atoms with Crippen LogP contribution in [0.15, 0.2) is 0 Å². The van der Waals surface area contributed by atoms with Gasteiger partial charge >= 0.3 is 0 Å². The first-order valence-corrected chi connectivity index (χ1v) is 7.74. The molecule has 0 heterocycles. The molecule has 1 nitrogen and oxygen atoms in total. The molecule has 0 spiro atoms. The maximum Gasteiger partial charge on any atom is 0.00956 e. The van der Waals surface area contributed by atoms with Crippen LogP contribution in [0.1, 0.15) is 72.6 Å². The Labute approximate surface area is 108 Å². The van der Waals surface area contributed by atoms with Crippen LogP contribution in [0.4, 0.5) is 0 Å². The van der Waals surface area contributed by atoms with Crippen molar-refractivity contribution in [1.82, 2.24) is 5.32 Å². The van der Waals surface area contributed by atoms with Gasteiger partial charge in [0.1, 0.15) is 0 Å². The topological polar surface area (TPSA) is 12.0 Å². The molecule has 1 heteroatoms. The molecule has 0 bridgehead atoms. The molecule has 2 aliphatic carbocycles. The smallest absolute Gasteiger partial charge is 0.00956 e. The van der Waals surface area contributed by atoms with Crippen molar-refractivity contribution in [2.75, 3.05) is 0 Å². The first kappa shape index (κ1) is 13.4. The van der Waals surface area contributed by atoms with E-state index in [-0.39, 0.29) is 0 Å². The minimum Gasteiger partial charge on any atom is -0.311 e. The van der Waals surface area contributed by atoms with Crippen LogP contribution in [0.2, 0.25) is 0 Å². The molecule has 2 aliphatic rings. The molecule has 0 aromatic rings. The predicted molar refractivity (Wildman–Crippen MR) is 75.1 cm³/mol. The SMILES string of the molecule is CC1CC(C)(C)CCC1NC(C)C1CCCC1. The van der Waals surface area contributed by atoms with E-state index in [0.717, 1.165) is 23.9 Å². The summed E-state index contributed by atoms with van der Waals surface area (Å²) in [5, 5.41) is 3.95. The van der Waals surface area contributed by atoms with Crippen molar-refractivity contribution in [2.45, 2.75) is 84.7 Å². The van der Waals surface area contributed by atoms with E-state index in [1.807, 2.05) is 0 Å². The quantitative estimate of drug-likeness (QED) is 0.768. The lowest BCUT2D eigenvalue weighted by Gasteiger charge is -2.41. The van der Waals surface area contributed by atoms with Crippen molar-refractivity contribution in [1.29, 1.82) is 0 Å². The molecule has 0 aromatic carbocycles. The zero-order chi connectivity index (χ0) is 12.5. The van der Waals surface area contributed by atoms with E-state index in [1.54, 1.807) is 0 Å². The third-order valence-electron chi connectivity index (χ3n) is 5.28. The van der Waals surface area contributed by atoms with Crippen molar-refractivity contribution in [3.05, 3.63) is 0 Å². The maximum atomic E-state index is 3.95. The fourth-order valence-electron chi connectivity index (χ4n) is 4.13. The largest absolute Gasteiger partial charge is 0.311 e. The van der Waals surface area contributed by atoms with Crippen molar-refractivity contribution >= 4 is 0 Å². The van der Waals surface area contributed by atoms with E-state index in [2.05, 4.69) is 33.0 Å². The van der Waals surface area contributed by atoms with Gasteiger partial charge in [-0.1, -0.05) is 33.6 Å². The summed E-state index contributed by atoms with van der Waals surface area (Å²) in [6.45, 7) is 9.72. The second-order valence-corrected chi connectivity index (χ2v) is 7.49. The van der Waals surface area contributed by atoms with Gasteiger partial charge in [-0.25, -0.2) is 0 Å². The summed E-state index contributed by atoms with van der Waals surface area (Å²) in [5.41, 5.74) is 0.578. The zero-order valence-electron chi connectivity index (χ0n) is 12.3. The highest BCUT2D eigenvalue weighted by Gasteiger charge is 2.33. The molecule has 3 unspecified atom stereocenters. The van der Waals surface area contributed by atoms with E-state index in [0.29, 0.717) is 5.41 Å². The number of hydrogen-bond donors (Lipinski definition) is 1. The van der Waals surface area contributed by atoms with Gasteiger partial charge in [0.05, 0.1) is 0 Å². The van der Waals surface area contributed by atoms with Crippen LogP contribution in [0.3, 0.4) is 0 Å². The van der Waals surface area contributed by atoms with Crippen molar-refractivity contribution in [2.24, 2.45) is 17.3 Å². The zero-order valence-corrected chi connectivity index (χ0v) is 12.3. The molecule has 0 aliphatic heterocycles. The Balaban J connectivity index is 1.82. The molecule has 2 saturated carbocycles. The Bertz CT molecular complexity index is 240. The first-order valence-electron chi connectivity index (χ1n) is 7.74. The molecule has 0 aromatic heterocycles. The molecule has 2 rings (SSSR count). The summed E-state index contributed by atoms with van der Waals surface area (Å²) < 4.78 is 0. The van der Waals surface area contributed by atoms with Gasteiger partial charge in [0.25, 0.3) is 0 Å². The second kappa shape index (κ2) is 5.30. The average Bonchev–Trinajstić information content (AvgIpc) is 2.74. The van der Waals surface area contributed by atoms with E-state index in [9.17, 15) is 0 Å². The van der Waals surface area contributed by atoms with Crippen LogP contribution >= 0.6 is 0 Å². The van der Waals surface area contributed by atoms with Gasteiger partial charge < -0.3 is 5.32 Å². The number of nitrogens with one attached hydrogen (secondary N) is 1. The van der Waals surface area contributed by atoms with Crippen molar-refractivity contribution < 1.29 is 0 Å². The minimum absolute atomic E-state index is 0.578. The lowest BCUT2D eigenvalue weighted by molar-refractivity contribution is 0.135. The van der Waals surface area contributed by atoms with E-state index < -0.39 is 0 Å². The van der Waals surface area contributed by atoms with Crippen LogP contribution in [0.25, 0.3) is 0 Å². The van der Waals surface area contributed by atoms with Crippen LogP contribution in [-0.2, 0) is 0 Å². The highest BCUT2D eigenvalue weighted by atomic mass is 15.0. The van der Waals surface area contributed by atoms with Crippen LogP contribution in [0.5, 0.6) is 0 Å². The van der Waals surface area contributed by atoms with Gasteiger partial charge in [0.15, 0.2) is 0 Å². The van der Waals surface area contributed by atoms with Gasteiger partial charge in [-0.2, -0.15) is 0 Å². The van der Waals surface area contributed by atoms with Crippen molar-refractivity contribution in [3.63, 3.8) is 0 Å². The molecule has 1 N–H and O–H groups in total. The summed E-state index contributed by atoms with van der Waals surface area (Å²) in [6, 6.07) is 1.52. The molecule has 0 amide bonds. The van der Waals surface area contributed by atoms with Crippen LogP contribution < -0.4 is 5.32 Å². The Hall–Kier alpha value is -0.0400. The second-order valence-electron chi connectivity index (χ2n) is 7.49. The lowest BCUT2D eigenvalue weighted by Crippen LogP contribution is -2.47. The predicted octanol–water partition coefficient (Wildman–Crippen LogP) is 4.37. The highest BCUT2D eigenvalue weighted by molar-refractivity contribution is 4.89. The van der Waals surface area contributed by atoms with Gasteiger partial charge in [-0.3, -0.25) is 0 Å². The summed E-state index contributed by atoms with van der Waals surface area (Å²) >= 11 is 0. The van der Waals surface area contributed by atoms with Gasteiger partial charge in [-0.15, -0.1) is 0 Å². The van der Waals surface area contributed by atoms with E-state index in [1.165, 1.54) is 44.9 Å². The molecule has 3 atom stereocenters. The first-order chi connectivity index (χ1) is 7.98. The minimum atomic E-state index is 0.578. The van der Waals surface area contributed by atoms with Crippen LogP contribution in [-0.4, -0.2) is 12.1 Å². The molecular weight excluding hydrogens is 206 g/mol. The number of hydrogen-bond acceptors (Lipinski definition) is 1. The summed E-state index contributed by atoms with van der Waals surface area (Å²) in [5.74, 6) is 1.81. The van der Waals surface area contributed by atoms with Crippen molar-refractivity contribution in [3.8, 4) is 0 Å². The normalized spacial score (nSPS) is 36.0. The van der Waals surface area contributed by atoms with Crippen LogP contribution in [0, 0.1) is 17.3 Å². The molecule has 100 valence electrons. The third-order valence-corrected chi connectivity index (χ3v) is 5.28. The summed E-state index contributed by atoms with van der Waals surface area (Å²) in [6.07, 6.45) is 10.0. The van der Waals surface area contributed by atoms with Gasteiger partial charge in [0, 0.05) is 12.1 Å². The Morgan fingerprint density at radius 3 is 2.35 bits per heavy atom. The lowest BCUT2D eigenvalue weighted by atomic mass is 9.70. The monoisotopic (exact) mass is 237 g/mol. The summed E-state index contributed by atoms with van der Waals surface area (Å²) in [4.78, 5) is 0. The van der Waals surface area contributed by atoms with E-state index in [4.69, 9.17) is 0 Å². The standard InChI is InChI=1S/C16H31N/c1-12-11-16(3,4)10-9-15(12)17-13(2)14-7-5-6-8-14/h12-15,17H,5-11H2,1-4H3. The summed E-state index contributed by atoms with van der Waals surface area (Å²) in [7, 11) is 0. The number of rotatable bonds is 3. The Kier molecular flexibility index (Phi) is 4.18. The molecule has 17 heavy (non-hydrogen) atoms. The fourth-order valence-corrected chi connectivity index (χ4v) is 4.13. The molecule has 0 saturated heterocycles. The van der Waals surface area contributed by atoms with Gasteiger partial charge in [-0.05, 0) is 56.3 Å². The maximum absolute atomic E-state index is 3.95. The van der Waals surface area contributed by atoms with E-state index >= 15 is 0 Å². The Morgan fingerprint density at radius 1 is 1.12 bits per heavy atom. The molecule has 0 radical (unpaired) electrons. The highest BCUT2D eigenvalue weighted by Crippen LogP contribution is 2.39. The molecule has 2 fully saturated rings. The third kappa shape index (κ3) is 3.47. The fraction of sp³-hybridized carbons (Fsp3) is 1.00. The van der Waals surface area contributed by atoms with Gasteiger partial charge in [0.2, 0.25) is 0 Å². The Morgan fingerprint density at radius 2 is 1.76 bits per heavy atom.